The Morgan fingerprint density at radius 1 is 0.340 bits per heavy atom. The maximum atomic E-state index is 14.9. The number of hydrogen-bond acceptors (Lipinski definition) is 1. The largest absolute Gasteiger partial charge is 0.310 e. The van der Waals surface area contributed by atoms with E-state index in [0.717, 1.165) is 72.4 Å². The Hall–Kier alpha value is -6.20. The highest BCUT2D eigenvalue weighted by atomic mass is 19.1. The molecule has 0 unspecified atom stereocenters. The summed E-state index contributed by atoms with van der Waals surface area (Å²) < 4.78 is 34.3. The van der Waals surface area contributed by atoms with Crippen LogP contribution in [0.25, 0.3) is 55.0 Å². The molecule has 0 N–H and O–H groups in total. The lowest BCUT2D eigenvalue weighted by molar-refractivity contribution is 0.584. The lowest BCUT2D eigenvalue weighted by Crippen LogP contribution is -2.11. The Balaban J connectivity index is 1.32. The van der Waals surface area contributed by atoms with Gasteiger partial charge in [-0.1, -0.05) is 78.9 Å². The van der Waals surface area contributed by atoms with Gasteiger partial charge < -0.3 is 14.0 Å². The molecular formula is C42H27F2N3. The first-order valence-electron chi connectivity index (χ1n) is 15.6. The van der Waals surface area contributed by atoms with E-state index in [1.165, 1.54) is 12.1 Å². The van der Waals surface area contributed by atoms with E-state index in [4.69, 9.17) is 0 Å². The van der Waals surface area contributed by atoms with Gasteiger partial charge in [0.2, 0.25) is 0 Å². The molecule has 2 aromatic heterocycles. The molecule has 0 radical (unpaired) electrons. The number of para-hydroxylation sites is 4. The number of nitrogens with zero attached hydrogens (tertiary/aromatic N) is 3. The van der Waals surface area contributed by atoms with E-state index < -0.39 is 11.6 Å². The summed E-state index contributed by atoms with van der Waals surface area (Å²) in [7, 11) is 0. The van der Waals surface area contributed by atoms with Gasteiger partial charge in [-0.3, -0.25) is 0 Å². The van der Waals surface area contributed by atoms with Crippen LogP contribution < -0.4 is 4.90 Å². The Labute approximate surface area is 269 Å². The molecule has 9 aromatic rings. The van der Waals surface area contributed by atoms with E-state index in [-0.39, 0.29) is 0 Å². The van der Waals surface area contributed by atoms with Crippen LogP contribution in [0.15, 0.2) is 164 Å². The van der Waals surface area contributed by atoms with Crippen LogP contribution in [-0.4, -0.2) is 9.13 Å². The average molecular weight is 612 g/mol. The SMILES string of the molecule is Fc1cc(F)cc(N(c2ccc3c(c2)c2ccccc2n3-c2ccccc2)c2ccc3c4ccccc4n(-c4ccccc4)c3c2)c1. The average Bonchev–Trinajstić information content (AvgIpc) is 3.61. The summed E-state index contributed by atoms with van der Waals surface area (Å²) in [5.41, 5.74) is 8.30. The molecule has 0 amide bonds. The van der Waals surface area contributed by atoms with Gasteiger partial charge in [-0.05, 0) is 78.9 Å². The molecular weight excluding hydrogens is 584 g/mol. The smallest absolute Gasteiger partial charge is 0.128 e. The fraction of sp³-hybridized carbons (Fsp3) is 0. The molecule has 224 valence electrons. The van der Waals surface area contributed by atoms with E-state index in [2.05, 4.69) is 81.9 Å². The third kappa shape index (κ3) is 4.39. The van der Waals surface area contributed by atoms with Crippen LogP contribution in [0.1, 0.15) is 0 Å². The van der Waals surface area contributed by atoms with Crippen LogP contribution in [0, 0.1) is 11.6 Å². The van der Waals surface area contributed by atoms with E-state index in [1.54, 1.807) is 0 Å². The fourth-order valence-corrected chi connectivity index (χ4v) is 7.02. The minimum absolute atomic E-state index is 0.398. The van der Waals surface area contributed by atoms with Crippen molar-refractivity contribution < 1.29 is 8.78 Å². The molecule has 0 saturated heterocycles. The molecule has 0 saturated carbocycles. The molecule has 2 heterocycles. The van der Waals surface area contributed by atoms with Crippen molar-refractivity contribution in [3.63, 3.8) is 0 Å². The molecule has 0 aliphatic heterocycles. The molecule has 0 fully saturated rings. The Morgan fingerprint density at radius 3 is 1.45 bits per heavy atom. The maximum absolute atomic E-state index is 14.9. The molecule has 9 rings (SSSR count). The topological polar surface area (TPSA) is 13.1 Å². The van der Waals surface area contributed by atoms with Crippen LogP contribution in [0.4, 0.5) is 25.8 Å². The standard InChI is InChI=1S/C42H27F2N3/c43-28-23-29(44)25-34(24-28)45(32-20-22-41-38(26-32)36-16-8-10-18-40(36)46(41)30-11-3-1-4-12-30)33-19-21-37-35-15-7-9-17-39(35)47(42(37)27-33)31-13-5-2-6-14-31/h1-27H. The highest BCUT2D eigenvalue weighted by Gasteiger charge is 2.20. The molecule has 0 atom stereocenters. The Morgan fingerprint density at radius 2 is 0.809 bits per heavy atom. The van der Waals surface area contributed by atoms with E-state index in [9.17, 15) is 8.78 Å². The summed E-state index contributed by atoms with van der Waals surface area (Å²) in [6, 6.07) is 53.4. The van der Waals surface area contributed by atoms with Crippen molar-refractivity contribution in [2.24, 2.45) is 0 Å². The minimum atomic E-state index is -0.633. The number of rotatable bonds is 5. The number of benzene rings is 7. The summed E-state index contributed by atoms with van der Waals surface area (Å²) in [6.07, 6.45) is 0. The summed E-state index contributed by atoms with van der Waals surface area (Å²) >= 11 is 0. The molecule has 3 nitrogen and oxygen atoms in total. The van der Waals surface area contributed by atoms with Gasteiger partial charge in [0.25, 0.3) is 0 Å². The van der Waals surface area contributed by atoms with Gasteiger partial charge in [0.1, 0.15) is 11.6 Å². The number of aromatic nitrogens is 2. The zero-order chi connectivity index (χ0) is 31.5. The van der Waals surface area contributed by atoms with Gasteiger partial charge in [0, 0.05) is 50.4 Å². The van der Waals surface area contributed by atoms with Crippen LogP contribution in [-0.2, 0) is 0 Å². The first kappa shape index (κ1) is 27.1. The monoisotopic (exact) mass is 611 g/mol. The molecule has 0 aliphatic carbocycles. The van der Waals surface area contributed by atoms with E-state index in [0.29, 0.717) is 5.69 Å². The fourth-order valence-electron chi connectivity index (χ4n) is 7.02. The molecule has 5 heteroatoms. The first-order valence-corrected chi connectivity index (χ1v) is 15.6. The number of halogens is 2. The van der Waals surface area contributed by atoms with Gasteiger partial charge in [-0.2, -0.15) is 0 Å². The van der Waals surface area contributed by atoms with Crippen molar-refractivity contribution in [3.05, 3.63) is 175 Å². The molecule has 0 aliphatic rings. The second-order valence-corrected chi connectivity index (χ2v) is 11.7. The normalized spacial score (nSPS) is 11.6. The highest BCUT2D eigenvalue weighted by molar-refractivity contribution is 6.12. The predicted molar refractivity (Wildman–Crippen MR) is 190 cm³/mol. The molecule has 47 heavy (non-hydrogen) atoms. The Kier molecular flexibility index (Phi) is 6.18. The zero-order valence-electron chi connectivity index (χ0n) is 25.2. The maximum Gasteiger partial charge on any atom is 0.128 e. The van der Waals surface area contributed by atoms with E-state index in [1.807, 2.05) is 77.7 Å². The third-order valence-corrected chi connectivity index (χ3v) is 8.96. The summed E-state index contributed by atoms with van der Waals surface area (Å²) in [6.45, 7) is 0. The van der Waals surface area contributed by atoms with Gasteiger partial charge >= 0.3 is 0 Å². The molecule has 0 bridgehead atoms. The zero-order valence-corrected chi connectivity index (χ0v) is 25.2. The second kappa shape index (κ2) is 10.7. The summed E-state index contributed by atoms with van der Waals surface area (Å²) in [5.74, 6) is -1.27. The van der Waals surface area contributed by atoms with Gasteiger partial charge in [-0.25, -0.2) is 8.78 Å². The van der Waals surface area contributed by atoms with Crippen LogP contribution in [0.3, 0.4) is 0 Å². The van der Waals surface area contributed by atoms with Gasteiger partial charge in [-0.15, -0.1) is 0 Å². The van der Waals surface area contributed by atoms with Crippen LogP contribution >= 0.6 is 0 Å². The molecule has 7 aromatic carbocycles. The predicted octanol–water partition coefficient (Wildman–Crippen LogP) is 11.6. The van der Waals surface area contributed by atoms with Crippen LogP contribution in [0.5, 0.6) is 0 Å². The van der Waals surface area contributed by atoms with Crippen molar-refractivity contribution in [2.75, 3.05) is 4.90 Å². The quantitative estimate of drug-likeness (QED) is 0.189. The molecule has 0 spiro atoms. The minimum Gasteiger partial charge on any atom is -0.310 e. The van der Waals surface area contributed by atoms with Crippen molar-refractivity contribution in [1.82, 2.24) is 9.13 Å². The first-order chi connectivity index (χ1) is 23.1. The lowest BCUT2D eigenvalue weighted by Gasteiger charge is -2.26. The second-order valence-electron chi connectivity index (χ2n) is 11.7. The van der Waals surface area contributed by atoms with Crippen molar-refractivity contribution >= 4 is 60.7 Å². The Bertz CT molecular complexity index is 2580. The van der Waals surface area contributed by atoms with Crippen LogP contribution in [0.2, 0.25) is 0 Å². The van der Waals surface area contributed by atoms with Gasteiger partial charge in [0.05, 0.1) is 27.8 Å². The number of anilines is 3. The van der Waals surface area contributed by atoms with Gasteiger partial charge in [0.15, 0.2) is 0 Å². The highest BCUT2D eigenvalue weighted by Crippen LogP contribution is 2.42. The summed E-state index contributed by atoms with van der Waals surface area (Å²) in [5, 5.41) is 4.37. The van der Waals surface area contributed by atoms with Crippen molar-refractivity contribution in [3.8, 4) is 11.4 Å². The van der Waals surface area contributed by atoms with E-state index >= 15 is 0 Å². The number of hydrogen-bond donors (Lipinski definition) is 0. The van der Waals surface area contributed by atoms with Crippen molar-refractivity contribution in [1.29, 1.82) is 0 Å². The number of fused-ring (bicyclic) bond motifs is 6. The third-order valence-electron chi connectivity index (χ3n) is 8.96. The summed E-state index contributed by atoms with van der Waals surface area (Å²) in [4.78, 5) is 1.94. The lowest BCUT2D eigenvalue weighted by atomic mass is 10.1. The van der Waals surface area contributed by atoms with Crippen molar-refractivity contribution in [2.45, 2.75) is 0 Å².